The summed E-state index contributed by atoms with van der Waals surface area (Å²) in [6.45, 7) is 7.06. The summed E-state index contributed by atoms with van der Waals surface area (Å²) in [6, 6.07) is 0. The number of hydrogen-bond donors (Lipinski definition) is 1. The average Bonchev–Trinajstić information content (AvgIpc) is 2.29. The van der Waals surface area contributed by atoms with Crippen molar-refractivity contribution in [1.82, 2.24) is 0 Å². The number of quaternary nitrogens is 1. The van der Waals surface area contributed by atoms with E-state index < -0.39 is 0 Å². The maximum atomic E-state index is 8.06. The quantitative estimate of drug-likeness (QED) is 0.419. The Morgan fingerprint density at radius 1 is 0.700 bits per heavy atom. The van der Waals surface area contributed by atoms with Crippen molar-refractivity contribution in [1.29, 1.82) is 0 Å². The monoisotopic (exact) mass is 288 g/mol. The highest BCUT2D eigenvalue weighted by Crippen LogP contribution is 2.10. The molecule has 0 aliphatic heterocycles. The molecular weight excluding hydrogens is 246 g/mol. The molecular formula is C18H42NO+. The first-order chi connectivity index (χ1) is 9.29. The smallest absolute Gasteiger partial charge is 0.0780 e. The predicted octanol–water partition coefficient (Wildman–Crippen LogP) is 5.00. The van der Waals surface area contributed by atoms with Gasteiger partial charge >= 0.3 is 0 Å². The summed E-state index contributed by atoms with van der Waals surface area (Å²) >= 11 is 0. The molecule has 2 nitrogen and oxygen atoms in total. The van der Waals surface area contributed by atoms with Crippen molar-refractivity contribution in [3.8, 4) is 0 Å². The maximum absolute atomic E-state index is 8.06. The Balaban J connectivity index is 0. The van der Waals surface area contributed by atoms with Gasteiger partial charge in [-0.05, 0) is 26.7 Å². The van der Waals surface area contributed by atoms with Crippen molar-refractivity contribution in [3.63, 3.8) is 0 Å². The summed E-state index contributed by atoms with van der Waals surface area (Å²) in [5.41, 5.74) is 0. The maximum Gasteiger partial charge on any atom is 0.0780 e. The minimum absolute atomic E-state index is 0.167. The Morgan fingerprint density at radius 2 is 1.00 bits per heavy atom. The molecule has 0 aromatic heterocycles. The van der Waals surface area contributed by atoms with E-state index in [0.29, 0.717) is 0 Å². The van der Waals surface area contributed by atoms with Gasteiger partial charge in [-0.1, -0.05) is 58.3 Å². The molecule has 0 bridgehead atoms. The SMILES string of the molecule is CC(C)O.CCCCCCCCCCCC[N+](C)(C)C. The normalized spacial score (nSPS) is 11.4. The molecule has 0 saturated heterocycles. The van der Waals surface area contributed by atoms with Crippen molar-refractivity contribution in [2.24, 2.45) is 0 Å². The number of aliphatic hydroxyl groups excluding tert-OH is 1. The van der Waals surface area contributed by atoms with Gasteiger partial charge in [0, 0.05) is 6.10 Å². The van der Waals surface area contributed by atoms with E-state index >= 15 is 0 Å². The molecule has 0 aliphatic rings. The lowest BCUT2D eigenvalue weighted by Gasteiger charge is -2.23. The number of rotatable bonds is 11. The molecule has 0 saturated carbocycles. The molecule has 1 N–H and O–H groups in total. The fourth-order valence-electron chi connectivity index (χ4n) is 2.07. The number of hydrogen-bond acceptors (Lipinski definition) is 1. The van der Waals surface area contributed by atoms with Gasteiger partial charge in [0.1, 0.15) is 0 Å². The number of aliphatic hydroxyl groups is 1. The van der Waals surface area contributed by atoms with Crippen LogP contribution in [0.5, 0.6) is 0 Å². The zero-order valence-corrected chi connectivity index (χ0v) is 15.2. The minimum atomic E-state index is -0.167. The first-order valence-corrected chi connectivity index (χ1v) is 8.78. The third-order valence-corrected chi connectivity index (χ3v) is 3.18. The topological polar surface area (TPSA) is 20.2 Å². The van der Waals surface area contributed by atoms with Crippen molar-refractivity contribution in [3.05, 3.63) is 0 Å². The molecule has 0 atom stereocenters. The van der Waals surface area contributed by atoms with E-state index in [1.54, 1.807) is 13.8 Å². The second kappa shape index (κ2) is 15.3. The van der Waals surface area contributed by atoms with E-state index in [0.717, 1.165) is 4.48 Å². The highest BCUT2D eigenvalue weighted by atomic mass is 16.3. The lowest BCUT2D eigenvalue weighted by molar-refractivity contribution is -0.870. The van der Waals surface area contributed by atoms with E-state index in [-0.39, 0.29) is 6.10 Å². The zero-order chi connectivity index (χ0) is 15.9. The Labute approximate surface area is 129 Å². The van der Waals surface area contributed by atoms with E-state index in [2.05, 4.69) is 28.1 Å². The van der Waals surface area contributed by atoms with Crippen LogP contribution in [0.4, 0.5) is 0 Å². The van der Waals surface area contributed by atoms with Crippen LogP contribution in [0.25, 0.3) is 0 Å². The second-order valence-corrected chi connectivity index (χ2v) is 7.29. The van der Waals surface area contributed by atoms with Crippen molar-refractivity contribution >= 4 is 0 Å². The highest BCUT2D eigenvalue weighted by Gasteiger charge is 2.04. The summed E-state index contributed by atoms with van der Waals surface area (Å²) in [4.78, 5) is 0. The molecule has 0 rings (SSSR count). The van der Waals surface area contributed by atoms with Crippen LogP contribution in [0.15, 0.2) is 0 Å². The van der Waals surface area contributed by atoms with E-state index in [4.69, 9.17) is 5.11 Å². The van der Waals surface area contributed by atoms with E-state index in [9.17, 15) is 0 Å². The molecule has 124 valence electrons. The van der Waals surface area contributed by atoms with Crippen LogP contribution in [0.3, 0.4) is 0 Å². The zero-order valence-electron chi connectivity index (χ0n) is 15.2. The molecule has 0 radical (unpaired) electrons. The van der Waals surface area contributed by atoms with Gasteiger partial charge in [-0.15, -0.1) is 0 Å². The van der Waals surface area contributed by atoms with Gasteiger partial charge in [0.05, 0.1) is 27.7 Å². The summed E-state index contributed by atoms with van der Waals surface area (Å²) in [5, 5.41) is 8.06. The Kier molecular flexibility index (Phi) is 17.0. The van der Waals surface area contributed by atoms with Crippen molar-refractivity contribution in [2.45, 2.75) is 91.1 Å². The predicted molar refractivity (Wildman–Crippen MR) is 92.1 cm³/mol. The van der Waals surface area contributed by atoms with Crippen LogP contribution in [-0.4, -0.2) is 43.4 Å². The summed E-state index contributed by atoms with van der Waals surface area (Å²) in [5.74, 6) is 0. The Bertz CT molecular complexity index is 170. The number of nitrogens with zero attached hydrogens (tertiary/aromatic N) is 1. The van der Waals surface area contributed by atoms with Crippen LogP contribution in [0.2, 0.25) is 0 Å². The fourth-order valence-corrected chi connectivity index (χ4v) is 2.07. The van der Waals surface area contributed by atoms with E-state index in [1.807, 2.05) is 0 Å². The van der Waals surface area contributed by atoms with Crippen LogP contribution < -0.4 is 0 Å². The molecule has 0 aromatic carbocycles. The van der Waals surface area contributed by atoms with Crippen LogP contribution in [0.1, 0.15) is 85.0 Å². The van der Waals surface area contributed by atoms with Gasteiger partial charge in [-0.25, -0.2) is 0 Å². The first kappa shape index (κ1) is 22.2. The van der Waals surface area contributed by atoms with Gasteiger partial charge < -0.3 is 9.59 Å². The van der Waals surface area contributed by atoms with Crippen molar-refractivity contribution in [2.75, 3.05) is 27.7 Å². The molecule has 20 heavy (non-hydrogen) atoms. The molecule has 0 heterocycles. The highest BCUT2D eigenvalue weighted by molar-refractivity contribution is 4.47. The molecule has 0 aromatic rings. The largest absolute Gasteiger partial charge is 0.394 e. The van der Waals surface area contributed by atoms with Gasteiger partial charge in [-0.3, -0.25) is 0 Å². The van der Waals surface area contributed by atoms with Crippen molar-refractivity contribution < 1.29 is 9.59 Å². The summed E-state index contributed by atoms with van der Waals surface area (Å²) in [7, 11) is 6.86. The van der Waals surface area contributed by atoms with Crippen LogP contribution in [0, 0.1) is 0 Å². The van der Waals surface area contributed by atoms with Gasteiger partial charge in [0.2, 0.25) is 0 Å². The molecule has 0 spiro atoms. The van der Waals surface area contributed by atoms with Gasteiger partial charge in [0.15, 0.2) is 0 Å². The Morgan fingerprint density at radius 3 is 1.30 bits per heavy atom. The lowest BCUT2D eigenvalue weighted by Crippen LogP contribution is -2.35. The van der Waals surface area contributed by atoms with E-state index in [1.165, 1.54) is 70.8 Å². The van der Waals surface area contributed by atoms with Gasteiger partial charge in [-0.2, -0.15) is 0 Å². The third-order valence-electron chi connectivity index (χ3n) is 3.18. The molecule has 0 aliphatic carbocycles. The summed E-state index contributed by atoms with van der Waals surface area (Å²) in [6.07, 6.45) is 14.2. The molecule has 0 unspecified atom stereocenters. The summed E-state index contributed by atoms with van der Waals surface area (Å²) < 4.78 is 1.12. The average molecular weight is 289 g/mol. The molecule has 0 fully saturated rings. The second-order valence-electron chi connectivity index (χ2n) is 7.29. The Hall–Kier alpha value is -0.0800. The van der Waals surface area contributed by atoms with Crippen LogP contribution in [-0.2, 0) is 0 Å². The lowest BCUT2D eigenvalue weighted by atomic mass is 10.1. The standard InChI is InChI=1S/C15H34N.C3H8O/c1-5-6-7-8-9-10-11-12-13-14-15-16(2,3)4;1-3(2)4/h5-15H2,1-4H3;3-4H,1-2H3/q+1;. The first-order valence-electron chi connectivity index (χ1n) is 8.78. The number of unbranched alkanes of at least 4 members (excludes halogenated alkanes) is 9. The molecule has 0 amide bonds. The fraction of sp³-hybridized carbons (Fsp3) is 1.00. The minimum Gasteiger partial charge on any atom is -0.394 e. The van der Waals surface area contributed by atoms with Gasteiger partial charge in [0.25, 0.3) is 0 Å². The molecule has 2 heteroatoms. The van der Waals surface area contributed by atoms with Crippen LogP contribution >= 0.6 is 0 Å². The third kappa shape index (κ3) is 30.7.